The van der Waals surface area contributed by atoms with Gasteiger partial charge in [0.05, 0.1) is 10.6 Å². The number of aryl methyl sites for hydroxylation is 1. The second-order valence-corrected chi connectivity index (χ2v) is 12.5. The molecule has 0 radical (unpaired) electrons. The molecule has 0 aliphatic carbocycles. The quantitative estimate of drug-likeness (QED) is 0.366. The molecule has 0 spiro atoms. The van der Waals surface area contributed by atoms with E-state index in [1.807, 2.05) is 55.5 Å². The summed E-state index contributed by atoms with van der Waals surface area (Å²) in [5.41, 5.74) is 3.89. The van der Waals surface area contributed by atoms with Crippen LogP contribution in [0.5, 0.6) is 0 Å². The molecule has 2 saturated heterocycles. The standard InChI is InChI=1S/C25H25Cl2N7O2S/c1-15-28-25(32-13-19-12-18(32)14-33(19)37(35,36)31(2)3)29-24-22(16-8-10-17(26)11-9-16)23(30-34(15)24)20-6-4-5-7-21(20)27/h4-11,18-19H,12-14H2,1-3H3. The van der Waals surface area contributed by atoms with Crippen molar-refractivity contribution in [3.63, 3.8) is 0 Å². The lowest BCUT2D eigenvalue weighted by molar-refractivity contribution is 0.340. The minimum absolute atomic E-state index is 0.00603. The SMILES string of the molecule is Cc1nc(N2CC3CC2CN3S(=O)(=O)N(C)C)nc2c(-c3ccc(Cl)cc3)c(-c3ccccc3Cl)nn12. The van der Waals surface area contributed by atoms with Crippen LogP contribution in [-0.2, 0) is 10.2 Å². The number of fused-ring (bicyclic) bond motifs is 3. The van der Waals surface area contributed by atoms with Crippen LogP contribution in [0.25, 0.3) is 28.0 Å². The van der Waals surface area contributed by atoms with E-state index in [1.54, 1.807) is 22.9 Å². The fourth-order valence-corrected chi connectivity index (χ4v) is 6.93. The Morgan fingerprint density at radius 2 is 1.70 bits per heavy atom. The van der Waals surface area contributed by atoms with Gasteiger partial charge in [0, 0.05) is 49.9 Å². The summed E-state index contributed by atoms with van der Waals surface area (Å²) in [5.74, 6) is 1.24. The van der Waals surface area contributed by atoms with Crippen LogP contribution in [0.4, 0.5) is 5.95 Å². The van der Waals surface area contributed by atoms with Crippen molar-refractivity contribution < 1.29 is 8.42 Å². The number of hydrogen-bond donors (Lipinski definition) is 0. The largest absolute Gasteiger partial charge is 0.335 e. The summed E-state index contributed by atoms with van der Waals surface area (Å²) < 4.78 is 30.1. The fourth-order valence-electron chi connectivity index (χ4n) is 5.27. The Morgan fingerprint density at radius 3 is 2.35 bits per heavy atom. The highest BCUT2D eigenvalue weighted by Crippen LogP contribution is 2.40. The molecular formula is C25H25Cl2N7O2S. The predicted molar refractivity (Wildman–Crippen MR) is 145 cm³/mol. The molecule has 6 rings (SSSR count). The summed E-state index contributed by atoms with van der Waals surface area (Å²) >= 11 is 12.8. The van der Waals surface area contributed by atoms with E-state index >= 15 is 0 Å². The van der Waals surface area contributed by atoms with Crippen molar-refractivity contribution in [1.29, 1.82) is 0 Å². The fraction of sp³-hybridized carbons (Fsp3) is 0.320. The number of halogens is 2. The van der Waals surface area contributed by atoms with Gasteiger partial charge in [-0.2, -0.15) is 36.6 Å². The smallest absolute Gasteiger partial charge is 0.281 e. The summed E-state index contributed by atoms with van der Waals surface area (Å²) in [7, 11) is -0.345. The first-order chi connectivity index (χ1) is 17.6. The zero-order valence-electron chi connectivity index (χ0n) is 20.5. The van der Waals surface area contributed by atoms with Crippen LogP contribution in [0, 0.1) is 6.92 Å². The van der Waals surface area contributed by atoms with Gasteiger partial charge >= 0.3 is 0 Å². The second kappa shape index (κ2) is 8.92. The Morgan fingerprint density at radius 1 is 0.973 bits per heavy atom. The van der Waals surface area contributed by atoms with Gasteiger partial charge in [-0.15, -0.1) is 0 Å². The highest BCUT2D eigenvalue weighted by Gasteiger charge is 2.49. The van der Waals surface area contributed by atoms with E-state index in [0.29, 0.717) is 46.2 Å². The number of nitrogens with zero attached hydrogens (tertiary/aromatic N) is 7. The normalized spacial score (nSPS) is 20.0. The van der Waals surface area contributed by atoms with E-state index in [0.717, 1.165) is 23.1 Å². The Kier molecular flexibility index (Phi) is 5.92. The molecule has 2 unspecified atom stereocenters. The highest BCUT2D eigenvalue weighted by atomic mass is 35.5. The van der Waals surface area contributed by atoms with Crippen molar-refractivity contribution in [2.45, 2.75) is 25.4 Å². The molecule has 12 heteroatoms. The Hall–Kier alpha value is -2.76. The number of anilines is 1. The summed E-state index contributed by atoms with van der Waals surface area (Å²) in [6.45, 7) is 2.84. The average Bonchev–Trinajstić information content (AvgIpc) is 3.58. The monoisotopic (exact) mass is 557 g/mol. The van der Waals surface area contributed by atoms with Crippen molar-refractivity contribution in [2.75, 3.05) is 32.1 Å². The first-order valence-corrected chi connectivity index (χ1v) is 14.0. The maximum atomic E-state index is 12.8. The number of aromatic nitrogens is 4. The Labute approximate surface area is 225 Å². The van der Waals surface area contributed by atoms with Crippen molar-refractivity contribution in [2.24, 2.45) is 0 Å². The molecule has 2 aliphatic heterocycles. The van der Waals surface area contributed by atoms with E-state index in [-0.39, 0.29) is 12.1 Å². The zero-order chi connectivity index (χ0) is 26.1. The third-order valence-electron chi connectivity index (χ3n) is 7.10. The third-order valence-corrected chi connectivity index (χ3v) is 9.65. The zero-order valence-corrected chi connectivity index (χ0v) is 22.8. The van der Waals surface area contributed by atoms with Gasteiger partial charge in [0.25, 0.3) is 10.2 Å². The van der Waals surface area contributed by atoms with E-state index in [2.05, 4.69) is 4.90 Å². The van der Waals surface area contributed by atoms with E-state index < -0.39 is 10.2 Å². The minimum atomic E-state index is -3.47. The number of piperazine rings is 1. The van der Waals surface area contributed by atoms with Crippen molar-refractivity contribution in [3.8, 4) is 22.4 Å². The van der Waals surface area contributed by atoms with Crippen molar-refractivity contribution in [3.05, 3.63) is 64.4 Å². The summed E-state index contributed by atoms with van der Waals surface area (Å²) in [6, 6.07) is 15.0. The Bertz CT molecular complexity index is 1620. The van der Waals surface area contributed by atoms with Gasteiger partial charge in [-0.1, -0.05) is 53.5 Å². The number of benzene rings is 2. The van der Waals surface area contributed by atoms with Crippen LogP contribution in [-0.4, -0.2) is 75.9 Å². The molecule has 4 heterocycles. The number of hydrogen-bond acceptors (Lipinski definition) is 6. The van der Waals surface area contributed by atoms with Gasteiger partial charge in [0.2, 0.25) is 5.95 Å². The molecule has 2 fully saturated rings. The molecule has 2 atom stereocenters. The van der Waals surface area contributed by atoms with Crippen LogP contribution in [0.1, 0.15) is 12.2 Å². The van der Waals surface area contributed by atoms with Gasteiger partial charge in [0.15, 0.2) is 5.65 Å². The van der Waals surface area contributed by atoms with E-state index in [1.165, 1.54) is 4.31 Å². The lowest BCUT2D eigenvalue weighted by Gasteiger charge is -2.34. The van der Waals surface area contributed by atoms with Gasteiger partial charge in [-0.3, -0.25) is 0 Å². The maximum absolute atomic E-state index is 12.8. The van der Waals surface area contributed by atoms with Crippen LogP contribution in [0.3, 0.4) is 0 Å². The molecule has 0 N–H and O–H groups in total. The summed E-state index contributed by atoms with van der Waals surface area (Å²) in [6.07, 6.45) is 0.745. The van der Waals surface area contributed by atoms with Gasteiger partial charge in [-0.05, 0) is 37.1 Å². The van der Waals surface area contributed by atoms with Gasteiger partial charge < -0.3 is 4.90 Å². The first kappa shape index (κ1) is 24.6. The highest BCUT2D eigenvalue weighted by molar-refractivity contribution is 7.86. The molecule has 9 nitrogen and oxygen atoms in total. The van der Waals surface area contributed by atoms with E-state index in [9.17, 15) is 8.42 Å². The minimum Gasteiger partial charge on any atom is -0.335 e. The molecular weight excluding hydrogens is 533 g/mol. The molecule has 4 aromatic rings. The van der Waals surface area contributed by atoms with Crippen LogP contribution in [0.2, 0.25) is 10.0 Å². The lowest BCUT2D eigenvalue weighted by atomic mass is 10.0. The predicted octanol–water partition coefficient (Wildman–Crippen LogP) is 4.14. The van der Waals surface area contributed by atoms with Gasteiger partial charge in [0.1, 0.15) is 11.5 Å². The topological polar surface area (TPSA) is 86.9 Å². The molecule has 0 saturated carbocycles. The molecule has 0 amide bonds. The first-order valence-electron chi connectivity index (χ1n) is 11.9. The number of rotatable bonds is 5. The molecule has 2 aliphatic rings. The lowest BCUT2D eigenvalue weighted by Crippen LogP contribution is -2.52. The molecule has 2 aromatic heterocycles. The Balaban J connectivity index is 1.48. The third kappa shape index (κ3) is 3.98. The molecule has 37 heavy (non-hydrogen) atoms. The van der Waals surface area contributed by atoms with Crippen LogP contribution < -0.4 is 4.90 Å². The van der Waals surface area contributed by atoms with Crippen molar-refractivity contribution in [1.82, 2.24) is 28.2 Å². The maximum Gasteiger partial charge on any atom is 0.281 e. The van der Waals surface area contributed by atoms with Crippen molar-refractivity contribution >= 4 is 45.0 Å². The molecule has 2 bridgehead atoms. The molecule has 192 valence electrons. The molecule has 2 aromatic carbocycles. The summed E-state index contributed by atoms with van der Waals surface area (Å²) in [4.78, 5) is 11.9. The van der Waals surface area contributed by atoms with Gasteiger partial charge in [-0.25, -0.2) is 0 Å². The second-order valence-electron chi connectivity index (χ2n) is 9.57. The van der Waals surface area contributed by atoms with Crippen LogP contribution >= 0.6 is 23.2 Å². The average molecular weight is 558 g/mol. The van der Waals surface area contributed by atoms with E-state index in [4.69, 9.17) is 38.3 Å². The summed E-state index contributed by atoms with van der Waals surface area (Å²) in [5, 5.41) is 6.11. The van der Waals surface area contributed by atoms with Crippen LogP contribution in [0.15, 0.2) is 48.5 Å².